The van der Waals surface area contributed by atoms with Gasteiger partial charge in [-0.05, 0) is 54.6 Å². The molecule has 0 bridgehead atoms. The molecule has 1 unspecified atom stereocenters. The van der Waals surface area contributed by atoms with Gasteiger partial charge in [-0.1, -0.05) is 64.2 Å². The summed E-state index contributed by atoms with van der Waals surface area (Å²) in [4.78, 5) is 32.8. The van der Waals surface area contributed by atoms with Gasteiger partial charge in [0.15, 0.2) is 4.80 Å². The van der Waals surface area contributed by atoms with E-state index in [-0.39, 0.29) is 12.2 Å². The summed E-state index contributed by atoms with van der Waals surface area (Å²) in [6.45, 7) is 5.47. The lowest BCUT2D eigenvalue weighted by molar-refractivity contribution is -0.138. The molecular weight excluding hydrogens is 520 g/mol. The first-order valence-corrected chi connectivity index (χ1v) is 13.0. The molecule has 1 aliphatic rings. The Morgan fingerprint density at radius 3 is 2.58 bits per heavy atom. The van der Waals surface area contributed by atoms with Crippen molar-refractivity contribution in [3.63, 3.8) is 0 Å². The van der Waals surface area contributed by atoms with Gasteiger partial charge in [-0.3, -0.25) is 9.36 Å². The smallest absolute Gasteiger partial charge is 0.338 e. The molecule has 168 valence electrons. The zero-order chi connectivity index (χ0) is 23.5. The van der Waals surface area contributed by atoms with E-state index in [0.717, 1.165) is 20.5 Å². The Bertz CT molecular complexity index is 1420. The maximum Gasteiger partial charge on any atom is 0.338 e. The van der Waals surface area contributed by atoms with Crippen molar-refractivity contribution in [3.8, 4) is 0 Å². The zero-order valence-corrected chi connectivity index (χ0v) is 21.3. The molecule has 2 heterocycles. The van der Waals surface area contributed by atoms with Crippen molar-refractivity contribution in [2.75, 3.05) is 12.9 Å². The van der Waals surface area contributed by atoms with E-state index in [1.165, 1.54) is 17.4 Å². The molecule has 5 nitrogen and oxygen atoms in total. The molecule has 2 aromatic carbocycles. The summed E-state index contributed by atoms with van der Waals surface area (Å²) < 4.78 is 8.48. The largest absolute Gasteiger partial charge is 0.458 e. The Kier molecular flexibility index (Phi) is 7.17. The van der Waals surface area contributed by atoms with Gasteiger partial charge in [0, 0.05) is 9.37 Å². The Morgan fingerprint density at radius 2 is 1.94 bits per heavy atom. The van der Waals surface area contributed by atoms with Crippen LogP contribution in [0.1, 0.15) is 24.1 Å². The van der Waals surface area contributed by atoms with Crippen LogP contribution < -0.4 is 14.9 Å². The Labute approximate surface area is 208 Å². The van der Waals surface area contributed by atoms with Gasteiger partial charge in [0.25, 0.3) is 5.56 Å². The minimum absolute atomic E-state index is 0.0851. The number of hydrogen-bond donors (Lipinski definition) is 0. The van der Waals surface area contributed by atoms with Gasteiger partial charge >= 0.3 is 5.97 Å². The number of hydrogen-bond acceptors (Lipinski definition) is 6. The van der Waals surface area contributed by atoms with Gasteiger partial charge in [0.1, 0.15) is 6.61 Å². The standard InChI is InChI=1S/C25H21BrN2O3S2/c1-4-13-31-24(30)21-15(2)27-25-28(22(21)17-7-11-19(32-3)12-8-17)23(29)20(33-25)14-16-5-9-18(26)10-6-16/h4-12,14,22H,1,13H2,2-3H3. The van der Waals surface area contributed by atoms with Crippen LogP contribution in [0.2, 0.25) is 0 Å². The average molecular weight is 541 g/mol. The highest BCUT2D eigenvalue weighted by Gasteiger charge is 2.33. The van der Waals surface area contributed by atoms with Crippen LogP contribution in [0.4, 0.5) is 0 Å². The van der Waals surface area contributed by atoms with Crippen LogP contribution in [0.15, 0.2) is 91.6 Å². The van der Waals surface area contributed by atoms with Crippen LogP contribution in [0, 0.1) is 0 Å². The van der Waals surface area contributed by atoms with E-state index < -0.39 is 12.0 Å². The number of fused-ring (bicyclic) bond motifs is 1. The van der Waals surface area contributed by atoms with E-state index in [9.17, 15) is 9.59 Å². The summed E-state index contributed by atoms with van der Waals surface area (Å²) in [7, 11) is 0. The number of carbonyl (C=O) groups excluding carboxylic acids is 1. The summed E-state index contributed by atoms with van der Waals surface area (Å²) in [6.07, 6.45) is 5.37. The van der Waals surface area contributed by atoms with Gasteiger partial charge < -0.3 is 4.74 Å². The van der Waals surface area contributed by atoms with Gasteiger partial charge in [-0.15, -0.1) is 11.8 Å². The van der Waals surface area contributed by atoms with Crippen LogP contribution in [0.5, 0.6) is 0 Å². The molecule has 1 atom stereocenters. The molecule has 0 saturated heterocycles. The molecule has 3 aromatic rings. The molecule has 0 aliphatic carbocycles. The Morgan fingerprint density at radius 1 is 1.24 bits per heavy atom. The predicted molar refractivity (Wildman–Crippen MR) is 137 cm³/mol. The van der Waals surface area contributed by atoms with E-state index in [1.807, 2.05) is 60.9 Å². The lowest BCUT2D eigenvalue weighted by atomic mass is 9.96. The molecule has 0 radical (unpaired) electrons. The van der Waals surface area contributed by atoms with E-state index in [2.05, 4.69) is 27.5 Å². The maximum atomic E-state index is 13.6. The highest BCUT2D eigenvalue weighted by molar-refractivity contribution is 9.10. The SMILES string of the molecule is C=CCOC(=O)C1=C(C)N=c2sc(=Cc3ccc(Br)cc3)c(=O)n2C1c1ccc(SC)cc1. The molecule has 33 heavy (non-hydrogen) atoms. The highest BCUT2D eigenvalue weighted by atomic mass is 79.9. The number of allylic oxidation sites excluding steroid dienone is 1. The number of thiazole rings is 1. The molecule has 0 spiro atoms. The second-order valence-corrected chi connectivity index (χ2v) is 10.1. The summed E-state index contributed by atoms with van der Waals surface area (Å²) in [6, 6.07) is 15.0. The molecule has 0 amide bonds. The first kappa shape index (κ1) is 23.5. The van der Waals surface area contributed by atoms with Crippen LogP contribution >= 0.6 is 39.0 Å². The van der Waals surface area contributed by atoms with Crippen LogP contribution in [0.3, 0.4) is 0 Å². The van der Waals surface area contributed by atoms with E-state index in [0.29, 0.717) is 20.6 Å². The van der Waals surface area contributed by atoms with E-state index in [4.69, 9.17) is 4.74 Å². The van der Waals surface area contributed by atoms with Gasteiger partial charge in [-0.2, -0.15) is 0 Å². The van der Waals surface area contributed by atoms with Crippen molar-refractivity contribution in [1.29, 1.82) is 0 Å². The second kappa shape index (κ2) is 10.1. The van der Waals surface area contributed by atoms with Crippen LogP contribution in [-0.2, 0) is 9.53 Å². The lowest BCUT2D eigenvalue weighted by Gasteiger charge is -2.24. The van der Waals surface area contributed by atoms with Crippen molar-refractivity contribution in [3.05, 3.63) is 108 Å². The number of carbonyl (C=O) groups is 1. The third kappa shape index (κ3) is 4.83. The predicted octanol–water partition coefficient (Wildman–Crippen LogP) is 4.45. The highest BCUT2D eigenvalue weighted by Crippen LogP contribution is 2.31. The Balaban J connectivity index is 1.91. The summed E-state index contributed by atoms with van der Waals surface area (Å²) in [5, 5.41) is 0. The average Bonchev–Trinajstić information content (AvgIpc) is 3.12. The van der Waals surface area contributed by atoms with Crippen molar-refractivity contribution < 1.29 is 9.53 Å². The Hall–Kier alpha value is -2.68. The number of benzene rings is 2. The molecule has 1 aromatic heterocycles. The number of halogens is 1. The topological polar surface area (TPSA) is 60.7 Å². The fourth-order valence-corrected chi connectivity index (χ4v) is 5.33. The fraction of sp³-hybridized carbons (Fsp3) is 0.160. The second-order valence-electron chi connectivity index (χ2n) is 7.29. The van der Waals surface area contributed by atoms with Gasteiger partial charge in [-0.25, -0.2) is 9.79 Å². The number of esters is 1. The van der Waals surface area contributed by atoms with Crippen molar-refractivity contribution in [2.24, 2.45) is 4.99 Å². The molecule has 0 saturated carbocycles. The molecular formula is C25H21BrN2O3S2. The molecule has 0 fully saturated rings. The molecule has 4 rings (SSSR count). The number of rotatable bonds is 6. The van der Waals surface area contributed by atoms with E-state index in [1.54, 1.807) is 23.3 Å². The van der Waals surface area contributed by atoms with Crippen molar-refractivity contribution in [1.82, 2.24) is 4.57 Å². The fourth-order valence-electron chi connectivity index (χ4n) is 3.61. The van der Waals surface area contributed by atoms with E-state index >= 15 is 0 Å². The van der Waals surface area contributed by atoms with Crippen LogP contribution in [-0.4, -0.2) is 23.4 Å². The normalized spacial score (nSPS) is 15.7. The van der Waals surface area contributed by atoms with Gasteiger partial charge in [0.2, 0.25) is 0 Å². The first-order valence-electron chi connectivity index (χ1n) is 10.1. The summed E-state index contributed by atoms with van der Waals surface area (Å²) in [5.74, 6) is -0.503. The van der Waals surface area contributed by atoms with Crippen molar-refractivity contribution >= 4 is 51.1 Å². The van der Waals surface area contributed by atoms with Crippen molar-refractivity contribution in [2.45, 2.75) is 17.9 Å². The number of nitrogens with zero attached hydrogens (tertiary/aromatic N) is 2. The minimum Gasteiger partial charge on any atom is -0.458 e. The first-order chi connectivity index (χ1) is 15.9. The monoisotopic (exact) mass is 540 g/mol. The molecule has 0 N–H and O–H groups in total. The minimum atomic E-state index is -0.624. The third-order valence-electron chi connectivity index (χ3n) is 5.17. The summed E-state index contributed by atoms with van der Waals surface area (Å²) in [5.41, 5.74) is 2.44. The summed E-state index contributed by atoms with van der Waals surface area (Å²) >= 11 is 6.37. The van der Waals surface area contributed by atoms with Gasteiger partial charge in [0.05, 0.1) is 21.8 Å². The lowest BCUT2D eigenvalue weighted by Crippen LogP contribution is -2.39. The van der Waals surface area contributed by atoms with Crippen LogP contribution in [0.25, 0.3) is 6.08 Å². The molecule has 8 heteroatoms. The zero-order valence-electron chi connectivity index (χ0n) is 18.1. The maximum absolute atomic E-state index is 13.6. The third-order valence-corrected chi connectivity index (χ3v) is 7.43. The quantitative estimate of drug-likeness (QED) is 0.263. The number of ether oxygens (including phenoxy) is 1. The number of aromatic nitrogens is 1. The molecule has 1 aliphatic heterocycles. The number of thioether (sulfide) groups is 1.